The lowest BCUT2D eigenvalue weighted by Gasteiger charge is -2.15. The van der Waals surface area contributed by atoms with Crippen molar-refractivity contribution in [1.82, 2.24) is 9.88 Å². The van der Waals surface area contributed by atoms with E-state index in [-0.39, 0.29) is 6.04 Å². The Morgan fingerprint density at radius 2 is 2.16 bits per heavy atom. The minimum absolute atomic E-state index is 0.216. The quantitative estimate of drug-likeness (QED) is 0.934. The molecule has 0 spiro atoms. The summed E-state index contributed by atoms with van der Waals surface area (Å²) in [6.07, 6.45) is 2.96. The van der Waals surface area contributed by atoms with Gasteiger partial charge in [-0.25, -0.2) is 4.98 Å². The number of hydrogen-bond acceptors (Lipinski definition) is 4. The number of para-hydroxylation sites is 1. The van der Waals surface area contributed by atoms with E-state index < -0.39 is 0 Å². The number of fused-ring (bicyclic) bond motifs is 1. The monoisotopic (exact) mass is 273 g/mol. The summed E-state index contributed by atoms with van der Waals surface area (Å²) >= 11 is 1.66. The molecule has 2 aliphatic rings. The summed E-state index contributed by atoms with van der Waals surface area (Å²) < 4.78 is 1.19. The van der Waals surface area contributed by atoms with E-state index in [4.69, 9.17) is 0 Å². The number of nitrogens with zero attached hydrogens (tertiary/aromatic N) is 2. The molecule has 0 bridgehead atoms. The van der Waals surface area contributed by atoms with Gasteiger partial charge < -0.3 is 10.2 Å². The fourth-order valence-corrected chi connectivity index (χ4v) is 3.62. The van der Waals surface area contributed by atoms with Crippen LogP contribution in [0.25, 0.3) is 10.2 Å². The lowest BCUT2D eigenvalue weighted by Crippen LogP contribution is -2.29. The highest BCUT2D eigenvalue weighted by atomic mass is 32.1. The molecule has 2 heterocycles. The van der Waals surface area contributed by atoms with Crippen molar-refractivity contribution in [2.75, 3.05) is 11.9 Å². The minimum atomic E-state index is 0.216. The van der Waals surface area contributed by atoms with Crippen LogP contribution < -0.4 is 5.32 Å². The van der Waals surface area contributed by atoms with Gasteiger partial charge in [0.1, 0.15) is 0 Å². The molecule has 4 nitrogen and oxygen atoms in total. The van der Waals surface area contributed by atoms with Gasteiger partial charge in [-0.1, -0.05) is 23.5 Å². The highest BCUT2D eigenvalue weighted by Gasteiger charge is 2.39. The molecule has 0 radical (unpaired) electrons. The molecule has 1 aliphatic heterocycles. The zero-order valence-corrected chi connectivity index (χ0v) is 11.3. The van der Waals surface area contributed by atoms with Crippen molar-refractivity contribution in [3.8, 4) is 0 Å². The summed E-state index contributed by atoms with van der Waals surface area (Å²) in [5, 5.41) is 4.35. The van der Waals surface area contributed by atoms with Gasteiger partial charge in [-0.3, -0.25) is 4.79 Å². The number of carbonyl (C=O) groups is 1. The number of nitrogens with one attached hydrogen (secondary N) is 1. The van der Waals surface area contributed by atoms with Crippen molar-refractivity contribution in [3.63, 3.8) is 0 Å². The van der Waals surface area contributed by atoms with E-state index >= 15 is 0 Å². The number of aromatic nitrogens is 1. The average molecular weight is 273 g/mol. The molecule has 1 atom stereocenters. The second-order valence-electron chi connectivity index (χ2n) is 5.31. The summed E-state index contributed by atoms with van der Waals surface area (Å²) in [7, 11) is 0. The van der Waals surface area contributed by atoms with Gasteiger partial charge >= 0.3 is 0 Å². The van der Waals surface area contributed by atoms with E-state index in [9.17, 15) is 4.79 Å². The van der Waals surface area contributed by atoms with E-state index in [1.54, 1.807) is 11.3 Å². The Kier molecular flexibility index (Phi) is 2.48. The number of benzene rings is 1. The van der Waals surface area contributed by atoms with Crippen molar-refractivity contribution in [1.29, 1.82) is 0 Å². The third-order valence-corrected chi connectivity index (χ3v) is 4.74. The number of anilines is 1. The van der Waals surface area contributed by atoms with E-state index in [1.807, 2.05) is 23.1 Å². The van der Waals surface area contributed by atoms with Crippen molar-refractivity contribution in [3.05, 3.63) is 24.3 Å². The molecule has 19 heavy (non-hydrogen) atoms. The Morgan fingerprint density at radius 3 is 2.95 bits per heavy atom. The predicted molar refractivity (Wildman–Crippen MR) is 76.4 cm³/mol. The molecule has 1 amide bonds. The normalized spacial score (nSPS) is 23.3. The third kappa shape index (κ3) is 2.08. The van der Waals surface area contributed by atoms with Gasteiger partial charge in [0.2, 0.25) is 5.91 Å². The fraction of sp³-hybridized carbons (Fsp3) is 0.429. The van der Waals surface area contributed by atoms with E-state index in [2.05, 4.69) is 16.4 Å². The number of hydrogen-bond donors (Lipinski definition) is 1. The molecule has 2 fully saturated rings. The van der Waals surface area contributed by atoms with Crippen LogP contribution in [0.1, 0.15) is 19.3 Å². The standard InChI is InChI=1S/C14H15N3OS/c18-13-7-9(8-17(13)10-5-6-10)15-14-16-11-3-1-2-4-12(11)19-14/h1-4,9-10H,5-8H2,(H,15,16). The van der Waals surface area contributed by atoms with Crippen molar-refractivity contribution in [2.45, 2.75) is 31.3 Å². The summed E-state index contributed by atoms with van der Waals surface area (Å²) in [6.45, 7) is 0.833. The van der Waals surface area contributed by atoms with Gasteiger partial charge in [-0.05, 0) is 25.0 Å². The van der Waals surface area contributed by atoms with Crippen LogP contribution in [0.5, 0.6) is 0 Å². The Morgan fingerprint density at radius 1 is 1.32 bits per heavy atom. The van der Waals surface area contributed by atoms with Crippen LogP contribution >= 0.6 is 11.3 Å². The molecular weight excluding hydrogens is 258 g/mol. The molecule has 1 aromatic heterocycles. The molecule has 98 valence electrons. The van der Waals surface area contributed by atoms with E-state index in [0.29, 0.717) is 18.4 Å². The molecule has 1 unspecified atom stereocenters. The highest BCUT2D eigenvalue weighted by Crippen LogP contribution is 2.32. The predicted octanol–water partition coefficient (Wildman–Crippen LogP) is 2.47. The van der Waals surface area contributed by atoms with Crippen LogP contribution in [-0.2, 0) is 4.79 Å². The minimum Gasteiger partial charge on any atom is -0.356 e. The average Bonchev–Trinajstić information content (AvgIpc) is 3.06. The summed E-state index contributed by atoms with van der Waals surface area (Å²) in [5.74, 6) is 0.293. The zero-order chi connectivity index (χ0) is 12.8. The van der Waals surface area contributed by atoms with Crippen LogP contribution in [0.2, 0.25) is 0 Å². The number of amides is 1. The zero-order valence-electron chi connectivity index (χ0n) is 10.5. The Bertz CT molecular complexity index is 601. The maximum Gasteiger partial charge on any atom is 0.225 e. The van der Waals surface area contributed by atoms with Gasteiger partial charge in [0.25, 0.3) is 0 Å². The molecule has 1 saturated heterocycles. The van der Waals surface area contributed by atoms with E-state index in [0.717, 1.165) is 17.2 Å². The Balaban J connectivity index is 1.50. The topological polar surface area (TPSA) is 45.2 Å². The lowest BCUT2D eigenvalue weighted by atomic mass is 10.3. The summed E-state index contributed by atoms with van der Waals surface area (Å²) in [4.78, 5) is 18.5. The lowest BCUT2D eigenvalue weighted by molar-refractivity contribution is -0.128. The number of likely N-dealkylation sites (tertiary alicyclic amines) is 1. The second-order valence-corrected chi connectivity index (χ2v) is 6.34. The molecule has 2 aromatic rings. The van der Waals surface area contributed by atoms with Crippen molar-refractivity contribution in [2.24, 2.45) is 0 Å². The molecule has 4 rings (SSSR count). The van der Waals surface area contributed by atoms with E-state index in [1.165, 1.54) is 17.5 Å². The largest absolute Gasteiger partial charge is 0.356 e. The molecule has 1 saturated carbocycles. The van der Waals surface area contributed by atoms with Crippen LogP contribution in [0.15, 0.2) is 24.3 Å². The first-order chi connectivity index (χ1) is 9.29. The molecule has 1 aliphatic carbocycles. The fourth-order valence-electron chi connectivity index (χ4n) is 2.68. The number of carbonyl (C=O) groups excluding carboxylic acids is 1. The Labute approximate surface area is 115 Å². The van der Waals surface area contributed by atoms with Crippen molar-refractivity contribution < 1.29 is 4.79 Å². The van der Waals surface area contributed by atoms with Crippen LogP contribution in [0.3, 0.4) is 0 Å². The SMILES string of the molecule is O=C1CC(Nc2nc3ccccc3s2)CN1C1CC1. The van der Waals surface area contributed by atoms with Gasteiger partial charge in [0, 0.05) is 19.0 Å². The third-order valence-electron chi connectivity index (χ3n) is 3.77. The van der Waals surface area contributed by atoms with Gasteiger partial charge in [0.05, 0.1) is 16.3 Å². The summed E-state index contributed by atoms with van der Waals surface area (Å²) in [5.41, 5.74) is 1.03. The number of rotatable bonds is 3. The summed E-state index contributed by atoms with van der Waals surface area (Å²) in [6, 6.07) is 8.86. The van der Waals surface area contributed by atoms with Gasteiger partial charge in [0.15, 0.2) is 5.13 Å². The smallest absolute Gasteiger partial charge is 0.225 e. The molecular formula is C14H15N3OS. The Hall–Kier alpha value is -1.62. The number of thiazole rings is 1. The first-order valence-corrected chi connectivity index (χ1v) is 7.53. The van der Waals surface area contributed by atoms with Crippen molar-refractivity contribution >= 4 is 32.6 Å². The first kappa shape index (κ1) is 11.2. The molecule has 1 N–H and O–H groups in total. The maximum atomic E-state index is 11.9. The second kappa shape index (κ2) is 4.20. The van der Waals surface area contributed by atoms with Crippen LogP contribution in [0.4, 0.5) is 5.13 Å². The maximum absolute atomic E-state index is 11.9. The van der Waals surface area contributed by atoms with Gasteiger partial charge in [-0.15, -0.1) is 0 Å². The van der Waals surface area contributed by atoms with Gasteiger partial charge in [-0.2, -0.15) is 0 Å². The molecule has 1 aromatic carbocycles. The highest BCUT2D eigenvalue weighted by molar-refractivity contribution is 7.22. The first-order valence-electron chi connectivity index (χ1n) is 6.71. The van der Waals surface area contributed by atoms with Crippen LogP contribution in [0, 0.1) is 0 Å². The van der Waals surface area contributed by atoms with Crippen LogP contribution in [-0.4, -0.2) is 34.4 Å². The molecule has 5 heteroatoms.